The average molecular weight is 290 g/mol. The second-order valence-corrected chi connectivity index (χ2v) is 4.12. The van der Waals surface area contributed by atoms with E-state index in [4.69, 9.17) is 9.47 Å². The monoisotopic (exact) mass is 289 g/mol. The molecular formula is C11H16BrNO3. The molecule has 0 aliphatic heterocycles. The zero-order valence-electron chi connectivity index (χ0n) is 9.58. The third kappa shape index (κ3) is 2.66. The minimum Gasteiger partial charge on any atom is -0.493 e. The third-order valence-electron chi connectivity index (χ3n) is 2.26. The number of methoxy groups -OCH3 is 2. The van der Waals surface area contributed by atoms with Crippen LogP contribution in [0.15, 0.2) is 16.6 Å². The Labute approximate surface area is 104 Å². The molecule has 1 aromatic rings. The molecule has 1 unspecified atom stereocenters. The zero-order valence-corrected chi connectivity index (χ0v) is 11.2. The van der Waals surface area contributed by atoms with E-state index >= 15 is 0 Å². The molecule has 4 nitrogen and oxygen atoms in total. The van der Waals surface area contributed by atoms with Gasteiger partial charge >= 0.3 is 0 Å². The first-order valence-electron chi connectivity index (χ1n) is 4.88. The molecular weight excluding hydrogens is 274 g/mol. The van der Waals surface area contributed by atoms with Crippen molar-refractivity contribution < 1.29 is 14.6 Å². The van der Waals surface area contributed by atoms with Gasteiger partial charge in [-0.3, -0.25) is 0 Å². The first-order chi connectivity index (χ1) is 7.65. The standard InChI is InChI=1S/C11H16BrNO3/c1-13-6-8(14)10-7(12)4-5-9(15-2)11(10)16-3/h4-5,8,13-14H,6H2,1-3H3. The van der Waals surface area contributed by atoms with Gasteiger partial charge in [0.05, 0.1) is 20.3 Å². The van der Waals surface area contributed by atoms with E-state index in [0.29, 0.717) is 23.6 Å². The Balaban J connectivity index is 3.22. The maximum atomic E-state index is 10.0. The van der Waals surface area contributed by atoms with Crippen LogP contribution >= 0.6 is 15.9 Å². The molecule has 0 saturated heterocycles. The molecule has 0 aliphatic carbocycles. The molecule has 1 aromatic carbocycles. The van der Waals surface area contributed by atoms with Crippen LogP contribution in [0, 0.1) is 0 Å². The molecule has 5 heteroatoms. The summed E-state index contributed by atoms with van der Waals surface area (Å²) < 4.78 is 11.3. The predicted molar refractivity (Wildman–Crippen MR) is 66.1 cm³/mol. The van der Waals surface area contributed by atoms with E-state index in [9.17, 15) is 5.11 Å². The van der Waals surface area contributed by atoms with Crippen LogP contribution in [0.2, 0.25) is 0 Å². The largest absolute Gasteiger partial charge is 0.493 e. The van der Waals surface area contributed by atoms with Crippen molar-refractivity contribution >= 4 is 15.9 Å². The molecule has 0 bridgehead atoms. The number of ether oxygens (including phenoxy) is 2. The van der Waals surface area contributed by atoms with Gasteiger partial charge in [0.1, 0.15) is 0 Å². The number of likely N-dealkylation sites (N-methyl/N-ethyl adjacent to an activating group) is 1. The molecule has 0 heterocycles. The van der Waals surface area contributed by atoms with Gasteiger partial charge in [-0.25, -0.2) is 0 Å². The average Bonchev–Trinajstić information content (AvgIpc) is 2.28. The van der Waals surface area contributed by atoms with Gasteiger partial charge in [0.15, 0.2) is 11.5 Å². The lowest BCUT2D eigenvalue weighted by molar-refractivity contribution is 0.171. The fourth-order valence-corrected chi connectivity index (χ4v) is 2.11. The topological polar surface area (TPSA) is 50.7 Å². The lowest BCUT2D eigenvalue weighted by atomic mass is 10.1. The molecule has 16 heavy (non-hydrogen) atoms. The number of nitrogens with one attached hydrogen (secondary N) is 1. The van der Waals surface area contributed by atoms with Gasteiger partial charge in [0, 0.05) is 16.6 Å². The number of hydrogen-bond acceptors (Lipinski definition) is 4. The van der Waals surface area contributed by atoms with E-state index in [2.05, 4.69) is 21.2 Å². The van der Waals surface area contributed by atoms with Crippen LogP contribution in [-0.4, -0.2) is 32.9 Å². The lowest BCUT2D eigenvalue weighted by Crippen LogP contribution is -2.18. The van der Waals surface area contributed by atoms with Gasteiger partial charge in [-0.15, -0.1) is 0 Å². The first-order valence-corrected chi connectivity index (χ1v) is 5.68. The van der Waals surface area contributed by atoms with E-state index < -0.39 is 6.10 Å². The van der Waals surface area contributed by atoms with Crippen molar-refractivity contribution in [2.45, 2.75) is 6.10 Å². The maximum absolute atomic E-state index is 10.0. The summed E-state index contributed by atoms with van der Waals surface area (Å²) in [4.78, 5) is 0. The van der Waals surface area contributed by atoms with Crippen LogP contribution < -0.4 is 14.8 Å². The van der Waals surface area contributed by atoms with Crippen LogP contribution in [0.3, 0.4) is 0 Å². The fourth-order valence-electron chi connectivity index (χ4n) is 1.53. The van der Waals surface area contributed by atoms with Crippen molar-refractivity contribution in [2.24, 2.45) is 0 Å². The van der Waals surface area contributed by atoms with Gasteiger partial charge in [0.2, 0.25) is 0 Å². The van der Waals surface area contributed by atoms with Crippen molar-refractivity contribution in [2.75, 3.05) is 27.8 Å². The number of halogens is 1. The fraction of sp³-hybridized carbons (Fsp3) is 0.455. The van der Waals surface area contributed by atoms with Crippen LogP contribution in [-0.2, 0) is 0 Å². The number of hydrogen-bond donors (Lipinski definition) is 2. The highest BCUT2D eigenvalue weighted by molar-refractivity contribution is 9.10. The minimum absolute atomic E-state index is 0.447. The molecule has 1 rings (SSSR count). The quantitative estimate of drug-likeness (QED) is 0.867. The Morgan fingerprint density at radius 2 is 2.06 bits per heavy atom. The van der Waals surface area contributed by atoms with Crippen molar-refractivity contribution in [3.05, 3.63) is 22.2 Å². The van der Waals surface area contributed by atoms with Crippen LogP contribution in [0.4, 0.5) is 0 Å². The molecule has 0 radical (unpaired) electrons. The lowest BCUT2D eigenvalue weighted by Gasteiger charge is -2.18. The molecule has 0 fully saturated rings. The number of rotatable bonds is 5. The third-order valence-corrected chi connectivity index (χ3v) is 2.95. The van der Waals surface area contributed by atoms with E-state index in [1.54, 1.807) is 27.3 Å². The van der Waals surface area contributed by atoms with Gasteiger partial charge in [-0.05, 0) is 19.2 Å². The molecule has 0 amide bonds. The Morgan fingerprint density at radius 3 is 2.56 bits per heavy atom. The second-order valence-electron chi connectivity index (χ2n) is 3.27. The summed E-state index contributed by atoms with van der Waals surface area (Å²) >= 11 is 3.40. The summed E-state index contributed by atoms with van der Waals surface area (Å²) in [6.45, 7) is 0.447. The highest BCUT2D eigenvalue weighted by Crippen LogP contribution is 2.39. The van der Waals surface area contributed by atoms with Crippen LogP contribution in [0.5, 0.6) is 11.5 Å². The molecule has 0 spiro atoms. The Morgan fingerprint density at radius 1 is 1.38 bits per heavy atom. The molecule has 0 saturated carbocycles. The summed E-state index contributed by atoms with van der Waals surface area (Å²) in [7, 11) is 4.91. The first kappa shape index (κ1) is 13.3. The number of benzene rings is 1. The van der Waals surface area contributed by atoms with Crippen molar-refractivity contribution in [3.63, 3.8) is 0 Å². The highest BCUT2D eigenvalue weighted by Gasteiger charge is 2.19. The smallest absolute Gasteiger partial charge is 0.167 e. The summed E-state index contributed by atoms with van der Waals surface area (Å²) in [5, 5.41) is 12.9. The molecule has 90 valence electrons. The zero-order chi connectivity index (χ0) is 12.1. The van der Waals surface area contributed by atoms with E-state index in [0.717, 1.165) is 4.47 Å². The predicted octanol–water partition coefficient (Wildman–Crippen LogP) is 1.72. The van der Waals surface area contributed by atoms with Gasteiger partial charge in [-0.2, -0.15) is 0 Å². The van der Waals surface area contributed by atoms with E-state index in [1.807, 2.05) is 6.07 Å². The summed E-state index contributed by atoms with van der Waals surface area (Å²) in [6, 6.07) is 3.62. The normalized spacial score (nSPS) is 12.3. The molecule has 2 N–H and O–H groups in total. The van der Waals surface area contributed by atoms with E-state index in [-0.39, 0.29) is 0 Å². The molecule has 0 aliphatic rings. The van der Waals surface area contributed by atoms with Gasteiger partial charge in [-0.1, -0.05) is 15.9 Å². The Hall–Kier alpha value is -0.780. The molecule has 1 atom stereocenters. The summed E-state index contributed by atoms with van der Waals surface area (Å²) in [6.07, 6.45) is -0.649. The van der Waals surface area contributed by atoms with Crippen molar-refractivity contribution in [3.8, 4) is 11.5 Å². The molecule has 0 aromatic heterocycles. The van der Waals surface area contributed by atoms with Gasteiger partial charge in [0.25, 0.3) is 0 Å². The second kappa shape index (κ2) is 6.08. The summed E-state index contributed by atoms with van der Waals surface area (Å²) in [5.74, 6) is 1.16. The minimum atomic E-state index is -0.649. The van der Waals surface area contributed by atoms with Crippen molar-refractivity contribution in [1.82, 2.24) is 5.32 Å². The SMILES string of the molecule is CNCC(O)c1c(Br)ccc(OC)c1OC. The van der Waals surface area contributed by atoms with Crippen LogP contribution in [0.25, 0.3) is 0 Å². The Kier molecular flexibility index (Phi) is 5.05. The van der Waals surface area contributed by atoms with E-state index in [1.165, 1.54) is 0 Å². The summed E-state index contributed by atoms with van der Waals surface area (Å²) in [5.41, 5.74) is 0.691. The number of aliphatic hydroxyl groups excluding tert-OH is 1. The number of aliphatic hydroxyl groups is 1. The highest BCUT2D eigenvalue weighted by atomic mass is 79.9. The van der Waals surface area contributed by atoms with Crippen LogP contribution in [0.1, 0.15) is 11.7 Å². The maximum Gasteiger partial charge on any atom is 0.167 e. The Bertz CT molecular complexity index is 357. The van der Waals surface area contributed by atoms with Gasteiger partial charge < -0.3 is 19.9 Å². The van der Waals surface area contributed by atoms with Crippen molar-refractivity contribution in [1.29, 1.82) is 0 Å².